The van der Waals surface area contributed by atoms with Crippen LogP contribution in [0.3, 0.4) is 0 Å². The number of nitrogens with zero attached hydrogens (tertiary/aromatic N) is 2. The Morgan fingerprint density at radius 2 is 1.88 bits per heavy atom. The molecule has 0 bridgehead atoms. The summed E-state index contributed by atoms with van der Waals surface area (Å²) in [6.45, 7) is 11.2. The van der Waals surface area contributed by atoms with Gasteiger partial charge in [0, 0.05) is 27.4 Å². The Kier molecular flexibility index (Phi) is 7.53. The van der Waals surface area contributed by atoms with Crippen LogP contribution in [0.15, 0.2) is 17.1 Å². The Morgan fingerprint density at radius 3 is 2.36 bits per heavy atom. The van der Waals surface area contributed by atoms with Gasteiger partial charge in [-0.2, -0.15) is 13.2 Å². The summed E-state index contributed by atoms with van der Waals surface area (Å²) in [7, 11) is 0.378. The third-order valence-electron chi connectivity index (χ3n) is 3.84. The molecule has 0 radical (unpaired) electrons. The highest BCUT2D eigenvalue weighted by molar-refractivity contribution is 6.76. The first-order valence-electron chi connectivity index (χ1n) is 8.53. The van der Waals surface area contributed by atoms with Crippen molar-refractivity contribution >= 4 is 20.1 Å². The van der Waals surface area contributed by atoms with E-state index in [2.05, 4.69) is 24.6 Å². The van der Waals surface area contributed by atoms with Gasteiger partial charge in [0.1, 0.15) is 5.75 Å². The van der Waals surface area contributed by atoms with Gasteiger partial charge in [0.05, 0.1) is 18.5 Å². The zero-order chi connectivity index (χ0) is 19.3. The van der Waals surface area contributed by atoms with Crippen molar-refractivity contribution in [1.82, 2.24) is 0 Å². The van der Waals surface area contributed by atoms with Gasteiger partial charge in [0.15, 0.2) is 0 Å². The number of halogens is 3. The molecule has 1 aromatic rings. The number of anilines is 1. The Balaban J connectivity index is 3.11. The van der Waals surface area contributed by atoms with Gasteiger partial charge in [-0.15, -0.1) is 0 Å². The fraction of sp³-hybridized carbons (Fsp3) is 0.611. The van der Waals surface area contributed by atoms with E-state index in [0.29, 0.717) is 18.8 Å². The number of aryl methyl sites for hydroxylation is 1. The number of ether oxygens (including phenoxy) is 1. The second kappa shape index (κ2) is 8.74. The standard InChI is InChI=1S/C18H29F3N2OSi/c1-7-23(13-22-3)16-12-15(18(19,20)21)17(11-14(16)2)24-9-8-10-25(4,5)6/h11-13H,7-10H2,1-6H3. The van der Waals surface area contributed by atoms with E-state index in [9.17, 15) is 13.2 Å². The molecule has 3 nitrogen and oxygen atoms in total. The van der Waals surface area contributed by atoms with E-state index in [1.807, 2.05) is 6.92 Å². The second-order valence-corrected chi connectivity index (χ2v) is 12.9. The summed E-state index contributed by atoms with van der Waals surface area (Å²) in [4.78, 5) is 5.61. The molecule has 0 fully saturated rings. The summed E-state index contributed by atoms with van der Waals surface area (Å²) < 4.78 is 46.0. The third-order valence-corrected chi connectivity index (χ3v) is 5.69. The molecule has 0 aliphatic carbocycles. The minimum atomic E-state index is -4.46. The van der Waals surface area contributed by atoms with Gasteiger partial charge in [-0.3, -0.25) is 4.99 Å². The maximum atomic E-state index is 13.5. The van der Waals surface area contributed by atoms with Crippen LogP contribution >= 0.6 is 0 Å². The van der Waals surface area contributed by atoms with Crippen LogP contribution in [0.25, 0.3) is 0 Å². The van der Waals surface area contributed by atoms with Crippen molar-refractivity contribution in [3.63, 3.8) is 0 Å². The first kappa shape index (κ1) is 21.5. The van der Waals surface area contributed by atoms with Crippen molar-refractivity contribution in [3.8, 4) is 5.75 Å². The number of alkyl halides is 3. The highest BCUT2D eigenvalue weighted by atomic mass is 28.3. The fourth-order valence-electron chi connectivity index (χ4n) is 2.56. The Hall–Kier alpha value is -1.50. The zero-order valence-electron chi connectivity index (χ0n) is 16.0. The molecular weight excluding hydrogens is 345 g/mol. The van der Waals surface area contributed by atoms with E-state index in [0.717, 1.165) is 24.1 Å². The molecule has 0 aliphatic rings. The van der Waals surface area contributed by atoms with Crippen molar-refractivity contribution < 1.29 is 17.9 Å². The second-order valence-electron chi connectivity index (χ2n) is 7.30. The van der Waals surface area contributed by atoms with E-state index in [1.165, 1.54) is 12.4 Å². The van der Waals surface area contributed by atoms with Crippen LogP contribution in [-0.4, -0.2) is 34.6 Å². The number of rotatable bonds is 8. The zero-order valence-corrected chi connectivity index (χ0v) is 17.0. The minimum absolute atomic E-state index is 0.0891. The molecule has 7 heteroatoms. The van der Waals surface area contributed by atoms with Gasteiger partial charge in [-0.25, -0.2) is 0 Å². The molecule has 0 heterocycles. The molecule has 0 aliphatic heterocycles. The van der Waals surface area contributed by atoms with Crippen LogP contribution in [0.1, 0.15) is 24.5 Å². The van der Waals surface area contributed by atoms with Gasteiger partial charge in [0.25, 0.3) is 0 Å². The van der Waals surface area contributed by atoms with Crippen molar-refractivity contribution in [2.75, 3.05) is 25.1 Å². The molecule has 0 N–H and O–H groups in total. The Morgan fingerprint density at radius 1 is 1.24 bits per heavy atom. The summed E-state index contributed by atoms with van der Waals surface area (Å²) in [6, 6.07) is 3.68. The summed E-state index contributed by atoms with van der Waals surface area (Å²) in [6.07, 6.45) is -2.15. The number of hydrogen-bond donors (Lipinski definition) is 0. The molecule has 0 aromatic heterocycles. The molecule has 25 heavy (non-hydrogen) atoms. The highest BCUT2D eigenvalue weighted by Crippen LogP contribution is 2.40. The van der Waals surface area contributed by atoms with Gasteiger partial charge < -0.3 is 9.64 Å². The molecule has 0 unspecified atom stereocenters. The highest BCUT2D eigenvalue weighted by Gasteiger charge is 2.35. The summed E-state index contributed by atoms with van der Waals surface area (Å²) in [5.41, 5.74) is 0.494. The maximum absolute atomic E-state index is 13.5. The average Bonchev–Trinajstić information content (AvgIpc) is 2.47. The van der Waals surface area contributed by atoms with E-state index in [4.69, 9.17) is 4.74 Å². The van der Waals surface area contributed by atoms with Crippen LogP contribution in [0, 0.1) is 6.92 Å². The van der Waals surface area contributed by atoms with Crippen molar-refractivity contribution in [2.45, 2.75) is 52.1 Å². The van der Waals surface area contributed by atoms with Crippen LogP contribution in [-0.2, 0) is 6.18 Å². The number of benzene rings is 1. The molecule has 1 aromatic carbocycles. The fourth-order valence-corrected chi connectivity index (χ4v) is 3.76. The van der Waals surface area contributed by atoms with Crippen LogP contribution in [0.5, 0.6) is 5.75 Å². The van der Waals surface area contributed by atoms with E-state index < -0.39 is 19.8 Å². The van der Waals surface area contributed by atoms with Gasteiger partial charge in [0.2, 0.25) is 0 Å². The molecule has 0 amide bonds. The van der Waals surface area contributed by atoms with Crippen LogP contribution in [0.2, 0.25) is 25.7 Å². The molecule has 0 atom stereocenters. The normalized spacial score (nSPS) is 12.7. The first-order chi connectivity index (χ1) is 11.5. The third kappa shape index (κ3) is 6.72. The van der Waals surface area contributed by atoms with Gasteiger partial charge in [-0.1, -0.05) is 25.7 Å². The predicted octanol–water partition coefficient (Wildman–Crippen LogP) is 5.61. The van der Waals surface area contributed by atoms with Crippen LogP contribution < -0.4 is 9.64 Å². The molecule has 0 spiro atoms. The lowest BCUT2D eigenvalue weighted by molar-refractivity contribution is -0.138. The van der Waals surface area contributed by atoms with Gasteiger partial charge >= 0.3 is 6.18 Å². The summed E-state index contributed by atoms with van der Waals surface area (Å²) in [5.74, 6) is -0.0891. The molecular formula is C18H29F3N2OSi. The van der Waals surface area contributed by atoms with Crippen LogP contribution in [0.4, 0.5) is 18.9 Å². The van der Waals surface area contributed by atoms with Crippen molar-refractivity contribution in [3.05, 3.63) is 23.3 Å². The Bertz CT molecular complexity index is 595. The molecule has 0 saturated heterocycles. The van der Waals surface area contributed by atoms with E-state index in [-0.39, 0.29) is 5.75 Å². The lowest BCUT2D eigenvalue weighted by atomic mass is 10.1. The first-order valence-corrected chi connectivity index (χ1v) is 12.2. The lowest BCUT2D eigenvalue weighted by Crippen LogP contribution is -2.23. The van der Waals surface area contributed by atoms with E-state index in [1.54, 1.807) is 18.9 Å². The topological polar surface area (TPSA) is 24.8 Å². The van der Waals surface area contributed by atoms with Crippen molar-refractivity contribution in [2.24, 2.45) is 4.99 Å². The average molecular weight is 375 g/mol. The summed E-state index contributed by atoms with van der Waals surface area (Å²) >= 11 is 0. The summed E-state index contributed by atoms with van der Waals surface area (Å²) in [5, 5.41) is 0. The Labute approximate surface area is 149 Å². The predicted molar refractivity (Wildman–Crippen MR) is 102 cm³/mol. The quantitative estimate of drug-likeness (QED) is 0.256. The minimum Gasteiger partial charge on any atom is -0.493 e. The number of aliphatic imine (C=N–C) groups is 1. The number of hydrogen-bond acceptors (Lipinski definition) is 2. The van der Waals surface area contributed by atoms with E-state index >= 15 is 0 Å². The lowest BCUT2D eigenvalue weighted by Gasteiger charge is -2.23. The smallest absolute Gasteiger partial charge is 0.420 e. The van der Waals surface area contributed by atoms with Crippen molar-refractivity contribution in [1.29, 1.82) is 0 Å². The molecule has 142 valence electrons. The maximum Gasteiger partial charge on any atom is 0.420 e. The molecule has 1 rings (SSSR count). The molecule has 0 saturated carbocycles. The van der Waals surface area contributed by atoms with Gasteiger partial charge in [-0.05, 0) is 38.0 Å². The SMILES string of the molecule is CCN(C=NC)c1cc(C(F)(F)F)c(OCCC[Si](C)(C)C)cc1C. The largest absolute Gasteiger partial charge is 0.493 e. The monoisotopic (exact) mass is 374 g/mol.